The van der Waals surface area contributed by atoms with Crippen molar-refractivity contribution in [3.63, 3.8) is 0 Å². The zero-order valence-corrected chi connectivity index (χ0v) is 10.7. The second kappa shape index (κ2) is 3.69. The Balaban J connectivity index is 3.15. The molecule has 68 valence electrons. The summed E-state index contributed by atoms with van der Waals surface area (Å²) in [6.45, 7) is 1.70. The molecule has 1 aromatic heterocycles. The first-order valence-corrected chi connectivity index (χ1v) is 6.96. The molecule has 4 nitrogen and oxygen atoms in total. The second-order valence-electron chi connectivity index (χ2n) is 1.89. The fourth-order valence-electron chi connectivity index (χ4n) is 0.470. The van der Waals surface area contributed by atoms with Gasteiger partial charge in [-0.15, -0.1) is 10.2 Å². The van der Waals surface area contributed by atoms with Crippen LogP contribution in [0.3, 0.4) is 0 Å². The molecule has 1 rings (SSSR count). The summed E-state index contributed by atoms with van der Waals surface area (Å²) in [7, 11) is -3.38. The highest BCUT2D eigenvalue weighted by molar-refractivity contribution is 9.27. The Hall–Kier alpha value is 0.470. The molecule has 1 heterocycles. The van der Waals surface area contributed by atoms with E-state index < -0.39 is 12.9 Å². The van der Waals surface area contributed by atoms with E-state index >= 15 is 0 Å². The van der Waals surface area contributed by atoms with Gasteiger partial charge in [-0.3, -0.25) is 0 Å². The third-order valence-corrected chi connectivity index (χ3v) is 6.56. The van der Waals surface area contributed by atoms with Gasteiger partial charge in [0.2, 0.25) is 14.2 Å². The lowest BCUT2D eigenvalue weighted by molar-refractivity contribution is 0.598. The number of hydrogen-bond donors (Lipinski definition) is 0. The SMILES string of the molecule is Cc1nnc(S(=O)(=O)C(Br)Br)s1. The summed E-state index contributed by atoms with van der Waals surface area (Å²) in [6.07, 6.45) is 0. The van der Waals surface area contributed by atoms with E-state index in [1.807, 2.05) is 0 Å². The van der Waals surface area contributed by atoms with Gasteiger partial charge in [-0.2, -0.15) is 0 Å². The van der Waals surface area contributed by atoms with Gasteiger partial charge in [0, 0.05) is 0 Å². The Bertz CT molecular complexity index is 372. The molecule has 0 amide bonds. The predicted molar refractivity (Wildman–Crippen MR) is 53.5 cm³/mol. The Labute approximate surface area is 90.6 Å². The summed E-state index contributed by atoms with van der Waals surface area (Å²) in [4.78, 5) is 0. The van der Waals surface area contributed by atoms with Gasteiger partial charge in [-0.25, -0.2) is 8.42 Å². The minimum atomic E-state index is -3.38. The van der Waals surface area contributed by atoms with Crippen LogP contribution in [-0.2, 0) is 9.84 Å². The lowest BCUT2D eigenvalue weighted by Crippen LogP contribution is -2.07. The molecule has 0 atom stereocenters. The number of hydrogen-bond acceptors (Lipinski definition) is 5. The Morgan fingerprint density at radius 3 is 2.33 bits per heavy atom. The summed E-state index contributed by atoms with van der Waals surface area (Å²) in [6, 6.07) is 0. The molecular weight excluding hydrogens is 332 g/mol. The van der Waals surface area contributed by atoms with Crippen LogP contribution in [0.5, 0.6) is 0 Å². The third kappa shape index (κ3) is 2.04. The molecule has 0 spiro atoms. The normalized spacial score (nSPS) is 12.3. The van der Waals surface area contributed by atoms with Crippen LogP contribution in [0, 0.1) is 6.92 Å². The molecule has 0 aliphatic rings. The largest absolute Gasteiger partial charge is 0.234 e. The summed E-state index contributed by atoms with van der Waals surface area (Å²) in [5, 5.41) is 7.78. The van der Waals surface area contributed by atoms with Crippen molar-refractivity contribution >= 4 is 53.0 Å². The highest BCUT2D eigenvalue weighted by Gasteiger charge is 2.26. The Morgan fingerprint density at radius 1 is 1.42 bits per heavy atom. The predicted octanol–water partition coefficient (Wildman–Crippen LogP) is 1.69. The summed E-state index contributed by atoms with van der Waals surface area (Å²) < 4.78 is 21.9. The van der Waals surface area contributed by atoms with E-state index in [0.29, 0.717) is 5.01 Å². The van der Waals surface area contributed by atoms with E-state index in [9.17, 15) is 8.42 Å². The number of aryl methyl sites for hydroxylation is 1. The zero-order chi connectivity index (χ0) is 9.35. The second-order valence-corrected chi connectivity index (χ2v) is 9.55. The number of alkyl halides is 2. The fraction of sp³-hybridized carbons (Fsp3) is 0.500. The van der Waals surface area contributed by atoms with E-state index in [2.05, 4.69) is 42.1 Å². The highest BCUT2D eigenvalue weighted by Crippen LogP contribution is 2.26. The summed E-state index contributed by atoms with van der Waals surface area (Å²) in [5.41, 5.74) is 0. The maximum atomic E-state index is 11.4. The molecule has 0 aliphatic carbocycles. The van der Waals surface area contributed by atoms with E-state index in [4.69, 9.17) is 0 Å². The molecular formula is C4H4Br2N2O2S2. The van der Waals surface area contributed by atoms with Crippen molar-refractivity contribution in [2.75, 3.05) is 0 Å². The number of rotatable bonds is 2. The first-order valence-electron chi connectivity index (χ1n) is 2.77. The molecule has 0 aromatic carbocycles. The maximum Gasteiger partial charge on any atom is 0.234 e. The van der Waals surface area contributed by atoms with Gasteiger partial charge in [0.25, 0.3) is 0 Å². The maximum absolute atomic E-state index is 11.4. The molecule has 0 saturated heterocycles. The molecule has 0 bridgehead atoms. The van der Waals surface area contributed by atoms with Crippen LogP contribution in [0.1, 0.15) is 5.01 Å². The van der Waals surface area contributed by atoms with Crippen LogP contribution in [-0.4, -0.2) is 21.7 Å². The molecule has 8 heteroatoms. The van der Waals surface area contributed by atoms with E-state index in [1.54, 1.807) is 6.92 Å². The van der Waals surface area contributed by atoms with Gasteiger partial charge in [-0.05, 0) is 6.92 Å². The molecule has 0 aliphatic heterocycles. The van der Waals surface area contributed by atoms with Crippen LogP contribution in [0.25, 0.3) is 0 Å². The van der Waals surface area contributed by atoms with Crippen molar-refractivity contribution in [2.45, 2.75) is 14.3 Å². The smallest absolute Gasteiger partial charge is 0.219 e. The summed E-state index contributed by atoms with van der Waals surface area (Å²) >= 11 is 6.87. The van der Waals surface area contributed by atoms with Gasteiger partial charge >= 0.3 is 0 Å². The molecule has 0 N–H and O–H groups in total. The molecule has 1 aromatic rings. The Kier molecular flexibility index (Phi) is 3.24. The lowest BCUT2D eigenvalue weighted by Gasteiger charge is -1.97. The topological polar surface area (TPSA) is 59.9 Å². The average Bonchev–Trinajstić information content (AvgIpc) is 2.35. The lowest BCUT2D eigenvalue weighted by atomic mass is 10.9. The van der Waals surface area contributed by atoms with Crippen molar-refractivity contribution in [3.8, 4) is 0 Å². The third-order valence-electron chi connectivity index (χ3n) is 0.985. The van der Waals surface area contributed by atoms with Gasteiger partial charge in [0.05, 0.1) is 0 Å². The number of sulfone groups is 1. The van der Waals surface area contributed by atoms with Crippen molar-refractivity contribution in [2.24, 2.45) is 0 Å². The van der Waals surface area contributed by atoms with Crippen molar-refractivity contribution in [1.82, 2.24) is 10.2 Å². The molecule has 0 unspecified atom stereocenters. The standard InChI is InChI=1S/C4H4Br2N2O2S2/c1-2-7-8-4(11-2)12(9,10)3(5)6/h3H,1H3. The van der Waals surface area contributed by atoms with Gasteiger partial charge in [0.1, 0.15) is 5.01 Å². The summed E-state index contributed by atoms with van der Waals surface area (Å²) in [5.74, 6) is 0. The van der Waals surface area contributed by atoms with Crippen molar-refractivity contribution in [1.29, 1.82) is 0 Å². The van der Waals surface area contributed by atoms with Gasteiger partial charge < -0.3 is 0 Å². The van der Waals surface area contributed by atoms with Crippen LogP contribution in [0.4, 0.5) is 0 Å². The highest BCUT2D eigenvalue weighted by atomic mass is 79.9. The fourth-order valence-corrected chi connectivity index (χ4v) is 4.11. The van der Waals surface area contributed by atoms with Crippen molar-refractivity contribution < 1.29 is 8.42 Å². The molecule has 12 heavy (non-hydrogen) atoms. The van der Waals surface area contributed by atoms with E-state index in [0.717, 1.165) is 11.3 Å². The van der Waals surface area contributed by atoms with Crippen LogP contribution < -0.4 is 0 Å². The minimum absolute atomic E-state index is 0.0266. The van der Waals surface area contributed by atoms with Gasteiger partial charge in [-0.1, -0.05) is 43.2 Å². The first kappa shape index (κ1) is 10.6. The van der Waals surface area contributed by atoms with E-state index in [-0.39, 0.29) is 4.34 Å². The van der Waals surface area contributed by atoms with E-state index in [1.165, 1.54) is 0 Å². The molecule has 0 fully saturated rings. The van der Waals surface area contributed by atoms with Crippen LogP contribution in [0.15, 0.2) is 4.34 Å². The quantitative estimate of drug-likeness (QED) is 0.772. The van der Waals surface area contributed by atoms with Crippen LogP contribution >= 0.6 is 43.2 Å². The van der Waals surface area contributed by atoms with Gasteiger partial charge in [0.15, 0.2) is 3.07 Å². The first-order chi connectivity index (χ1) is 5.44. The average molecular weight is 336 g/mol. The number of nitrogens with zero attached hydrogens (tertiary/aromatic N) is 2. The molecule has 0 saturated carbocycles. The van der Waals surface area contributed by atoms with Crippen LogP contribution in [0.2, 0.25) is 0 Å². The minimum Gasteiger partial charge on any atom is -0.219 e. The Morgan fingerprint density at radius 2 is 2.00 bits per heavy atom. The monoisotopic (exact) mass is 334 g/mol. The zero-order valence-electron chi connectivity index (χ0n) is 5.86. The van der Waals surface area contributed by atoms with Crippen molar-refractivity contribution in [3.05, 3.63) is 5.01 Å². The molecule has 0 radical (unpaired) electrons. The number of aromatic nitrogens is 2. The number of halogens is 2.